The van der Waals surface area contributed by atoms with Gasteiger partial charge in [0, 0.05) is 0 Å². The van der Waals surface area contributed by atoms with Gasteiger partial charge in [0.25, 0.3) is 0 Å². The Bertz CT molecular complexity index is 995. The van der Waals surface area contributed by atoms with Crippen molar-refractivity contribution in [2.45, 2.75) is 52.5 Å². The maximum Gasteiger partial charge on any atom is 0.241 e. The monoisotopic (exact) mass is 414 g/mol. The van der Waals surface area contributed by atoms with Gasteiger partial charge in [-0.05, 0) is 86.4 Å². The van der Waals surface area contributed by atoms with Gasteiger partial charge in [-0.15, -0.1) is 0 Å². The van der Waals surface area contributed by atoms with E-state index >= 15 is 0 Å². The third kappa shape index (κ3) is 5.38. The molecule has 5 nitrogen and oxygen atoms in total. The Morgan fingerprint density at radius 3 is 2.28 bits per heavy atom. The molecule has 0 bridgehead atoms. The Kier molecular flexibility index (Phi) is 6.32. The van der Waals surface area contributed by atoms with Crippen LogP contribution in [-0.2, 0) is 27.7 Å². The highest BCUT2D eigenvalue weighted by atomic mass is 32.2. The van der Waals surface area contributed by atoms with Crippen LogP contribution >= 0.6 is 0 Å². The van der Waals surface area contributed by atoms with Gasteiger partial charge in [0.2, 0.25) is 15.9 Å². The number of sulfonamides is 1. The Labute approximate surface area is 174 Å². The average molecular weight is 415 g/mol. The lowest BCUT2D eigenvalue weighted by Crippen LogP contribution is -2.41. The van der Waals surface area contributed by atoms with Crippen LogP contribution in [0.3, 0.4) is 0 Å². The normalized spacial score (nSPS) is 14.8. The highest BCUT2D eigenvalue weighted by molar-refractivity contribution is 7.92. The van der Waals surface area contributed by atoms with Crippen LogP contribution in [0, 0.1) is 13.8 Å². The summed E-state index contributed by atoms with van der Waals surface area (Å²) in [5, 5.41) is 2.96. The molecule has 1 atom stereocenters. The van der Waals surface area contributed by atoms with Crippen molar-refractivity contribution >= 4 is 21.6 Å². The molecule has 1 N–H and O–H groups in total. The molecular weight excluding hydrogens is 384 g/mol. The van der Waals surface area contributed by atoms with Gasteiger partial charge in [0.05, 0.1) is 18.0 Å². The molecule has 0 unspecified atom stereocenters. The highest BCUT2D eigenvalue weighted by Gasteiger charge is 2.22. The number of hydrogen-bond donors (Lipinski definition) is 1. The van der Waals surface area contributed by atoms with Crippen LogP contribution in [0.25, 0.3) is 0 Å². The molecule has 3 rings (SSSR count). The Hall–Kier alpha value is -2.34. The summed E-state index contributed by atoms with van der Waals surface area (Å²) in [5.41, 5.74) is 6.24. The molecule has 0 saturated carbocycles. The number of nitrogens with zero attached hydrogens (tertiary/aromatic N) is 1. The van der Waals surface area contributed by atoms with E-state index in [2.05, 4.69) is 23.5 Å². The zero-order chi connectivity index (χ0) is 21.2. The third-order valence-electron chi connectivity index (χ3n) is 5.43. The second-order valence-corrected chi connectivity index (χ2v) is 10.0. The van der Waals surface area contributed by atoms with E-state index in [0.717, 1.165) is 35.8 Å². The molecule has 0 aliphatic heterocycles. The largest absolute Gasteiger partial charge is 0.348 e. The smallest absolute Gasteiger partial charge is 0.241 e. The summed E-state index contributed by atoms with van der Waals surface area (Å²) < 4.78 is 25.9. The van der Waals surface area contributed by atoms with Crippen LogP contribution < -0.4 is 9.62 Å². The van der Waals surface area contributed by atoms with Crippen LogP contribution in [0.4, 0.5) is 5.69 Å². The van der Waals surface area contributed by atoms with Crippen molar-refractivity contribution in [1.82, 2.24) is 5.32 Å². The van der Waals surface area contributed by atoms with Crippen molar-refractivity contribution < 1.29 is 13.2 Å². The standard InChI is InChI=1S/C23H30N2O3S/c1-16-11-17(2)13-22(12-16)25(29(4,27)28)15-23(26)24-18(3)20-10-9-19-7-5-6-8-21(19)14-20/h9-14,18H,5-8,15H2,1-4H3,(H,24,26)/t18-/m1/s1. The number of anilines is 1. The molecule has 0 radical (unpaired) electrons. The van der Waals surface area contributed by atoms with Crippen LogP contribution in [0.1, 0.15) is 53.6 Å². The minimum Gasteiger partial charge on any atom is -0.348 e. The number of carbonyl (C=O) groups is 1. The molecule has 0 spiro atoms. The van der Waals surface area contributed by atoms with E-state index in [1.807, 2.05) is 26.8 Å². The van der Waals surface area contributed by atoms with Crippen molar-refractivity contribution in [1.29, 1.82) is 0 Å². The fraction of sp³-hybridized carbons (Fsp3) is 0.435. The molecule has 2 aromatic rings. The number of fused-ring (bicyclic) bond motifs is 1. The van der Waals surface area contributed by atoms with E-state index in [-0.39, 0.29) is 18.5 Å². The summed E-state index contributed by atoms with van der Waals surface area (Å²) in [4.78, 5) is 12.7. The fourth-order valence-corrected chi connectivity index (χ4v) is 4.86. The van der Waals surface area contributed by atoms with E-state index in [1.54, 1.807) is 12.1 Å². The zero-order valence-corrected chi connectivity index (χ0v) is 18.5. The van der Waals surface area contributed by atoms with Crippen molar-refractivity contribution in [3.8, 4) is 0 Å². The maximum atomic E-state index is 12.7. The number of hydrogen-bond acceptors (Lipinski definition) is 3. The van der Waals surface area contributed by atoms with Crippen LogP contribution in [0.2, 0.25) is 0 Å². The molecule has 0 fully saturated rings. The van der Waals surface area contributed by atoms with Gasteiger partial charge in [0.15, 0.2) is 0 Å². The lowest BCUT2D eigenvalue weighted by Gasteiger charge is -2.24. The first-order chi connectivity index (χ1) is 13.6. The van der Waals surface area contributed by atoms with E-state index in [4.69, 9.17) is 0 Å². The highest BCUT2D eigenvalue weighted by Crippen LogP contribution is 2.25. The number of benzene rings is 2. The molecule has 0 saturated heterocycles. The molecule has 0 aromatic heterocycles. The maximum absolute atomic E-state index is 12.7. The fourth-order valence-electron chi connectivity index (χ4n) is 4.02. The Morgan fingerprint density at radius 2 is 1.66 bits per heavy atom. The van der Waals surface area contributed by atoms with Crippen LogP contribution in [0.15, 0.2) is 36.4 Å². The molecule has 1 amide bonds. The van der Waals surface area contributed by atoms with Gasteiger partial charge < -0.3 is 5.32 Å². The van der Waals surface area contributed by atoms with Gasteiger partial charge in [-0.2, -0.15) is 0 Å². The zero-order valence-electron chi connectivity index (χ0n) is 17.7. The molecule has 29 heavy (non-hydrogen) atoms. The van der Waals surface area contributed by atoms with Gasteiger partial charge in [-0.1, -0.05) is 24.3 Å². The lowest BCUT2D eigenvalue weighted by molar-refractivity contribution is -0.120. The second kappa shape index (κ2) is 8.57. The summed E-state index contributed by atoms with van der Waals surface area (Å²) in [6, 6.07) is 11.8. The molecule has 0 heterocycles. The Balaban J connectivity index is 1.75. The lowest BCUT2D eigenvalue weighted by atomic mass is 9.89. The number of nitrogens with one attached hydrogen (secondary N) is 1. The molecule has 6 heteroatoms. The first-order valence-corrected chi connectivity index (χ1v) is 12.0. The van der Waals surface area contributed by atoms with Gasteiger partial charge in [-0.25, -0.2) is 8.42 Å². The first kappa shape index (κ1) is 21.4. The van der Waals surface area contributed by atoms with Crippen molar-refractivity contribution in [3.05, 3.63) is 64.2 Å². The summed E-state index contributed by atoms with van der Waals surface area (Å²) >= 11 is 0. The summed E-state index contributed by atoms with van der Waals surface area (Å²) in [5.74, 6) is -0.320. The first-order valence-electron chi connectivity index (χ1n) is 10.1. The third-order valence-corrected chi connectivity index (χ3v) is 6.57. The quantitative estimate of drug-likeness (QED) is 0.781. The summed E-state index contributed by atoms with van der Waals surface area (Å²) in [6.07, 6.45) is 5.77. The molecule has 2 aromatic carbocycles. The number of aryl methyl sites for hydroxylation is 4. The number of rotatable bonds is 6. The number of carbonyl (C=O) groups excluding carboxylic acids is 1. The van der Waals surface area contributed by atoms with Crippen LogP contribution in [-0.4, -0.2) is 27.1 Å². The molecular formula is C23H30N2O3S. The predicted molar refractivity (Wildman–Crippen MR) is 118 cm³/mol. The molecule has 1 aliphatic rings. The predicted octanol–water partition coefficient (Wildman–Crippen LogP) is 3.83. The SMILES string of the molecule is Cc1cc(C)cc(N(CC(=O)N[C@H](C)c2ccc3c(c2)CCCC3)S(C)(=O)=O)c1. The van der Waals surface area contributed by atoms with Crippen molar-refractivity contribution in [2.75, 3.05) is 17.1 Å². The van der Waals surface area contributed by atoms with E-state index in [1.165, 1.54) is 28.3 Å². The van der Waals surface area contributed by atoms with E-state index in [9.17, 15) is 13.2 Å². The second-order valence-electron chi connectivity index (χ2n) is 8.14. The average Bonchev–Trinajstić information content (AvgIpc) is 2.64. The topological polar surface area (TPSA) is 66.5 Å². The Morgan fingerprint density at radius 1 is 1.03 bits per heavy atom. The minimum absolute atomic E-state index is 0.185. The molecule has 156 valence electrons. The van der Waals surface area contributed by atoms with Gasteiger partial charge >= 0.3 is 0 Å². The number of amides is 1. The van der Waals surface area contributed by atoms with Crippen molar-refractivity contribution in [3.63, 3.8) is 0 Å². The van der Waals surface area contributed by atoms with Crippen molar-refractivity contribution in [2.24, 2.45) is 0 Å². The molecule has 1 aliphatic carbocycles. The van der Waals surface area contributed by atoms with Gasteiger partial charge in [-0.3, -0.25) is 9.10 Å². The minimum atomic E-state index is -3.59. The van der Waals surface area contributed by atoms with Crippen LogP contribution in [0.5, 0.6) is 0 Å². The van der Waals surface area contributed by atoms with E-state index in [0.29, 0.717) is 5.69 Å². The summed E-state index contributed by atoms with van der Waals surface area (Å²) in [7, 11) is -3.59. The van der Waals surface area contributed by atoms with Gasteiger partial charge in [0.1, 0.15) is 6.54 Å². The summed E-state index contributed by atoms with van der Waals surface area (Å²) in [6.45, 7) is 5.52. The van der Waals surface area contributed by atoms with E-state index < -0.39 is 10.0 Å².